The summed E-state index contributed by atoms with van der Waals surface area (Å²) in [7, 11) is 0. The van der Waals surface area contributed by atoms with Gasteiger partial charge >= 0.3 is 0 Å². The number of benzene rings is 1. The molecule has 1 saturated carbocycles. The molecule has 1 aromatic carbocycles. The molecule has 1 aliphatic carbocycles. The zero-order valence-electron chi connectivity index (χ0n) is 12.4. The fourth-order valence-electron chi connectivity index (χ4n) is 3.27. The number of pyridine rings is 1. The molecule has 2 aromatic rings. The molecule has 108 valence electrons. The van der Waals surface area contributed by atoms with Crippen molar-refractivity contribution in [3.63, 3.8) is 0 Å². The minimum absolute atomic E-state index is 0.0232. The standard InChI is InChI=1S/C18H19ClN2/c1-18(2)11-21(15-9-10-16(19)20-17(15)18)14-7-5-13(6-8-14)12-3-4-12/h5-10,12H,3-4,11H2,1-2H3. The van der Waals surface area contributed by atoms with E-state index >= 15 is 0 Å². The number of rotatable bonds is 2. The van der Waals surface area contributed by atoms with Crippen molar-refractivity contribution in [2.45, 2.75) is 38.0 Å². The quantitative estimate of drug-likeness (QED) is 0.722. The highest BCUT2D eigenvalue weighted by molar-refractivity contribution is 6.29. The van der Waals surface area contributed by atoms with Gasteiger partial charge in [-0.3, -0.25) is 0 Å². The maximum Gasteiger partial charge on any atom is 0.129 e. The Morgan fingerprint density at radius 3 is 2.48 bits per heavy atom. The van der Waals surface area contributed by atoms with Crippen molar-refractivity contribution in [1.82, 2.24) is 4.98 Å². The topological polar surface area (TPSA) is 16.1 Å². The molecule has 1 aromatic heterocycles. The highest BCUT2D eigenvalue weighted by Gasteiger charge is 2.37. The summed E-state index contributed by atoms with van der Waals surface area (Å²) in [6, 6.07) is 13.0. The Morgan fingerprint density at radius 2 is 1.81 bits per heavy atom. The first-order valence-electron chi connectivity index (χ1n) is 7.59. The lowest BCUT2D eigenvalue weighted by Crippen LogP contribution is -2.25. The maximum atomic E-state index is 6.08. The van der Waals surface area contributed by atoms with Gasteiger partial charge < -0.3 is 4.90 Å². The van der Waals surface area contributed by atoms with Crippen LogP contribution in [0.25, 0.3) is 0 Å². The van der Waals surface area contributed by atoms with Crippen LogP contribution in [0.2, 0.25) is 5.15 Å². The average molecular weight is 299 g/mol. The first kappa shape index (κ1) is 13.1. The molecule has 0 atom stereocenters. The van der Waals surface area contributed by atoms with Crippen LogP contribution in [0.3, 0.4) is 0 Å². The Bertz CT molecular complexity index is 687. The molecule has 0 N–H and O–H groups in total. The molecule has 2 heterocycles. The summed E-state index contributed by atoms with van der Waals surface area (Å²) in [6.07, 6.45) is 2.70. The van der Waals surface area contributed by atoms with Gasteiger partial charge in [0.1, 0.15) is 5.15 Å². The van der Waals surface area contributed by atoms with E-state index in [0.717, 1.165) is 18.2 Å². The number of halogens is 1. The minimum atomic E-state index is 0.0232. The molecule has 0 bridgehead atoms. The van der Waals surface area contributed by atoms with E-state index in [1.807, 2.05) is 6.07 Å². The summed E-state index contributed by atoms with van der Waals surface area (Å²) in [5, 5.41) is 0.577. The number of fused-ring (bicyclic) bond motifs is 1. The molecular weight excluding hydrogens is 280 g/mol. The average Bonchev–Trinajstić information content (AvgIpc) is 3.26. The van der Waals surface area contributed by atoms with E-state index in [9.17, 15) is 0 Å². The van der Waals surface area contributed by atoms with Crippen molar-refractivity contribution in [3.05, 3.63) is 52.8 Å². The van der Waals surface area contributed by atoms with Crippen molar-refractivity contribution < 1.29 is 0 Å². The predicted molar refractivity (Wildman–Crippen MR) is 87.7 cm³/mol. The SMILES string of the molecule is CC1(C)CN(c2ccc(C3CC3)cc2)c2ccc(Cl)nc21. The molecule has 0 radical (unpaired) electrons. The second-order valence-corrected chi connectivity index (χ2v) is 7.22. The number of anilines is 2. The van der Waals surface area contributed by atoms with Gasteiger partial charge in [-0.15, -0.1) is 0 Å². The molecule has 0 spiro atoms. The van der Waals surface area contributed by atoms with E-state index in [0.29, 0.717) is 5.15 Å². The summed E-state index contributed by atoms with van der Waals surface area (Å²) >= 11 is 6.08. The first-order valence-corrected chi connectivity index (χ1v) is 7.97. The molecular formula is C18H19ClN2. The molecule has 1 fully saturated rings. The molecule has 21 heavy (non-hydrogen) atoms. The third-order valence-corrected chi connectivity index (χ3v) is 4.79. The van der Waals surface area contributed by atoms with E-state index in [2.05, 4.69) is 54.1 Å². The van der Waals surface area contributed by atoms with Crippen LogP contribution < -0.4 is 4.90 Å². The van der Waals surface area contributed by atoms with Gasteiger partial charge in [-0.25, -0.2) is 4.98 Å². The smallest absolute Gasteiger partial charge is 0.129 e. The van der Waals surface area contributed by atoms with Crippen molar-refractivity contribution in [2.75, 3.05) is 11.4 Å². The second-order valence-electron chi connectivity index (χ2n) is 6.84. The van der Waals surface area contributed by atoms with Gasteiger partial charge in [0.25, 0.3) is 0 Å². The Kier molecular flexibility index (Phi) is 2.80. The predicted octanol–water partition coefficient (Wildman–Crippen LogP) is 5.04. The minimum Gasteiger partial charge on any atom is -0.339 e. The summed E-state index contributed by atoms with van der Waals surface area (Å²) in [6.45, 7) is 5.40. The molecule has 0 unspecified atom stereocenters. The molecule has 2 nitrogen and oxygen atoms in total. The van der Waals surface area contributed by atoms with Crippen LogP contribution in [-0.2, 0) is 5.41 Å². The summed E-state index contributed by atoms with van der Waals surface area (Å²) in [5.41, 5.74) is 5.03. The van der Waals surface area contributed by atoms with Gasteiger partial charge in [-0.05, 0) is 48.6 Å². The summed E-state index contributed by atoms with van der Waals surface area (Å²) in [4.78, 5) is 6.92. The van der Waals surface area contributed by atoms with Crippen molar-refractivity contribution in [3.8, 4) is 0 Å². The van der Waals surface area contributed by atoms with Crippen LogP contribution in [0.5, 0.6) is 0 Å². The van der Waals surface area contributed by atoms with Gasteiger partial charge in [-0.2, -0.15) is 0 Å². The normalized spacial score (nSPS) is 19.7. The largest absolute Gasteiger partial charge is 0.339 e. The van der Waals surface area contributed by atoms with E-state index < -0.39 is 0 Å². The third-order valence-electron chi connectivity index (χ3n) is 4.58. The lowest BCUT2D eigenvalue weighted by Gasteiger charge is -2.22. The molecule has 4 rings (SSSR count). The van der Waals surface area contributed by atoms with Gasteiger partial charge in [0.2, 0.25) is 0 Å². The number of aromatic nitrogens is 1. The maximum absolute atomic E-state index is 6.08. The fraction of sp³-hybridized carbons (Fsp3) is 0.389. The summed E-state index contributed by atoms with van der Waals surface area (Å²) < 4.78 is 0. The number of nitrogens with zero attached hydrogens (tertiary/aromatic N) is 2. The van der Waals surface area contributed by atoms with Crippen molar-refractivity contribution in [1.29, 1.82) is 0 Å². The Balaban J connectivity index is 1.73. The van der Waals surface area contributed by atoms with Crippen molar-refractivity contribution in [2.24, 2.45) is 0 Å². The molecule has 0 saturated heterocycles. The zero-order chi connectivity index (χ0) is 14.6. The van der Waals surface area contributed by atoms with Crippen LogP contribution in [0.1, 0.15) is 43.9 Å². The van der Waals surface area contributed by atoms with Crippen LogP contribution in [0, 0.1) is 0 Å². The molecule has 2 aliphatic rings. The second kappa shape index (κ2) is 4.48. The van der Waals surface area contributed by atoms with Gasteiger partial charge in [0.05, 0.1) is 11.4 Å². The zero-order valence-corrected chi connectivity index (χ0v) is 13.2. The van der Waals surface area contributed by atoms with Gasteiger partial charge in [0, 0.05) is 17.6 Å². The van der Waals surface area contributed by atoms with Crippen LogP contribution in [-0.4, -0.2) is 11.5 Å². The highest BCUT2D eigenvalue weighted by atomic mass is 35.5. The lowest BCUT2D eigenvalue weighted by molar-refractivity contribution is 0.554. The van der Waals surface area contributed by atoms with E-state index in [4.69, 9.17) is 11.6 Å². The van der Waals surface area contributed by atoms with Gasteiger partial charge in [0.15, 0.2) is 0 Å². The fourth-order valence-corrected chi connectivity index (χ4v) is 3.42. The van der Waals surface area contributed by atoms with Crippen LogP contribution in [0.15, 0.2) is 36.4 Å². The molecule has 0 amide bonds. The van der Waals surface area contributed by atoms with Gasteiger partial charge in [-0.1, -0.05) is 37.6 Å². The van der Waals surface area contributed by atoms with Crippen molar-refractivity contribution >= 4 is 23.0 Å². The van der Waals surface area contributed by atoms with Crippen LogP contribution >= 0.6 is 11.6 Å². The number of hydrogen-bond acceptors (Lipinski definition) is 2. The molecule has 1 aliphatic heterocycles. The van der Waals surface area contributed by atoms with Crippen LogP contribution in [0.4, 0.5) is 11.4 Å². The Labute approximate surface area is 130 Å². The van der Waals surface area contributed by atoms with E-state index in [1.54, 1.807) is 0 Å². The summed E-state index contributed by atoms with van der Waals surface area (Å²) in [5.74, 6) is 0.807. The lowest BCUT2D eigenvalue weighted by atomic mass is 9.91. The van der Waals surface area contributed by atoms with E-state index in [-0.39, 0.29) is 5.41 Å². The third kappa shape index (κ3) is 2.22. The highest BCUT2D eigenvalue weighted by Crippen LogP contribution is 2.45. The molecule has 3 heteroatoms. The number of hydrogen-bond donors (Lipinski definition) is 0. The monoisotopic (exact) mass is 298 g/mol. The first-order chi connectivity index (χ1) is 10.0. The Morgan fingerprint density at radius 1 is 1.10 bits per heavy atom. The Hall–Kier alpha value is -1.54. The van der Waals surface area contributed by atoms with E-state index in [1.165, 1.54) is 29.8 Å².